The summed E-state index contributed by atoms with van der Waals surface area (Å²) >= 11 is 8.80. The molecule has 184 valence electrons. The van der Waals surface area contributed by atoms with Gasteiger partial charge in [0.25, 0.3) is 11.1 Å². The van der Waals surface area contributed by atoms with Crippen LogP contribution in [0, 0.1) is 16.3 Å². The number of nitrogens with zero attached hydrogens (tertiary/aromatic N) is 1. The standard InChI is InChI=1S/C26H18ClFINO5S/c1-14-6-8-16(9-7-14)25(32)35-23-20(29)10-15(11-21(23)34-2)12-22-24(31)30(26(33)36-22)13-17-18(27)4-3-5-19(17)28/h3-12H,13H2,1-2H3/b22-12-. The summed E-state index contributed by atoms with van der Waals surface area (Å²) < 4.78 is 25.8. The van der Waals surface area contributed by atoms with Crippen LogP contribution in [-0.4, -0.2) is 29.1 Å². The first-order chi connectivity index (χ1) is 17.2. The zero-order valence-electron chi connectivity index (χ0n) is 19.0. The maximum atomic E-state index is 14.2. The highest BCUT2D eigenvalue weighted by Gasteiger charge is 2.36. The van der Waals surface area contributed by atoms with Gasteiger partial charge in [-0.1, -0.05) is 35.4 Å². The number of methoxy groups -OCH3 is 1. The lowest BCUT2D eigenvalue weighted by Crippen LogP contribution is -2.28. The average Bonchev–Trinajstić information content (AvgIpc) is 3.10. The van der Waals surface area contributed by atoms with Crippen LogP contribution in [0.2, 0.25) is 5.02 Å². The molecule has 1 aliphatic heterocycles. The highest BCUT2D eigenvalue weighted by atomic mass is 127. The normalized spacial score (nSPS) is 14.5. The lowest BCUT2D eigenvalue weighted by molar-refractivity contribution is -0.123. The molecule has 0 N–H and O–H groups in total. The van der Waals surface area contributed by atoms with Crippen LogP contribution in [0.15, 0.2) is 59.5 Å². The van der Waals surface area contributed by atoms with Gasteiger partial charge in [0, 0.05) is 10.6 Å². The fourth-order valence-electron chi connectivity index (χ4n) is 3.39. The Bertz CT molecular complexity index is 1390. The summed E-state index contributed by atoms with van der Waals surface area (Å²) in [5.74, 6) is -1.17. The minimum absolute atomic E-state index is 0.0682. The molecule has 1 aliphatic rings. The highest BCUT2D eigenvalue weighted by Crippen LogP contribution is 2.38. The number of carbonyl (C=O) groups excluding carboxylic acids is 3. The average molecular weight is 638 g/mol. The van der Waals surface area contributed by atoms with Gasteiger partial charge < -0.3 is 9.47 Å². The number of hydrogen-bond donors (Lipinski definition) is 0. The Kier molecular flexibility index (Phi) is 8.01. The van der Waals surface area contributed by atoms with E-state index in [1.165, 1.54) is 31.4 Å². The van der Waals surface area contributed by atoms with Crippen molar-refractivity contribution in [3.05, 3.63) is 96.2 Å². The maximum Gasteiger partial charge on any atom is 0.343 e. The summed E-state index contributed by atoms with van der Waals surface area (Å²) in [5, 5.41) is -0.399. The first kappa shape index (κ1) is 26.2. The summed E-state index contributed by atoms with van der Waals surface area (Å²) in [4.78, 5) is 39.1. The van der Waals surface area contributed by atoms with Crippen LogP contribution in [0.4, 0.5) is 9.18 Å². The molecule has 10 heteroatoms. The van der Waals surface area contributed by atoms with Gasteiger partial charge in [-0.15, -0.1) is 0 Å². The zero-order valence-corrected chi connectivity index (χ0v) is 22.7. The summed E-state index contributed by atoms with van der Waals surface area (Å²) in [6.45, 7) is 1.64. The Morgan fingerprint density at radius 1 is 1.17 bits per heavy atom. The van der Waals surface area contributed by atoms with Gasteiger partial charge in [0.05, 0.1) is 27.7 Å². The van der Waals surface area contributed by atoms with Crippen LogP contribution in [0.3, 0.4) is 0 Å². The monoisotopic (exact) mass is 637 g/mol. The van der Waals surface area contributed by atoms with Crippen molar-refractivity contribution in [1.82, 2.24) is 4.90 Å². The minimum Gasteiger partial charge on any atom is -0.493 e. The van der Waals surface area contributed by atoms with Crippen LogP contribution in [0.25, 0.3) is 6.08 Å². The Hall–Kier alpha value is -2.89. The van der Waals surface area contributed by atoms with Crippen molar-refractivity contribution in [1.29, 1.82) is 0 Å². The molecule has 4 rings (SSSR count). The molecule has 0 unspecified atom stereocenters. The third-order valence-corrected chi connectivity index (χ3v) is 7.35. The van der Waals surface area contributed by atoms with Gasteiger partial charge in [0.15, 0.2) is 11.5 Å². The summed E-state index contributed by atoms with van der Waals surface area (Å²) in [6.07, 6.45) is 1.53. The van der Waals surface area contributed by atoms with Gasteiger partial charge in [-0.2, -0.15) is 0 Å². The molecule has 1 fully saturated rings. The number of thioether (sulfide) groups is 1. The summed E-state index contributed by atoms with van der Waals surface area (Å²) in [6, 6.07) is 14.4. The van der Waals surface area contributed by atoms with Crippen LogP contribution in [0.5, 0.6) is 11.5 Å². The number of imide groups is 1. The second-order valence-electron chi connectivity index (χ2n) is 7.76. The predicted molar refractivity (Wildman–Crippen MR) is 145 cm³/mol. The SMILES string of the molecule is COc1cc(/C=C2\SC(=O)N(Cc3c(F)cccc3Cl)C2=O)cc(I)c1OC(=O)c1ccc(C)cc1. The molecule has 1 saturated heterocycles. The van der Waals surface area contributed by atoms with Crippen molar-refractivity contribution in [3.63, 3.8) is 0 Å². The Morgan fingerprint density at radius 2 is 1.89 bits per heavy atom. The molecule has 2 amide bonds. The largest absolute Gasteiger partial charge is 0.493 e. The van der Waals surface area contributed by atoms with Crippen molar-refractivity contribution in [2.45, 2.75) is 13.5 Å². The molecule has 0 saturated carbocycles. The highest BCUT2D eigenvalue weighted by molar-refractivity contribution is 14.1. The van der Waals surface area contributed by atoms with E-state index in [9.17, 15) is 18.8 Å². The lowest BCUT2D eigenvalue weighted by atomic mass is 10.1. The molecule has 0 aromatic heterocycles. The number of hydrogen-bond acceptors (Lipinski definition) is 6. The van der Waals surface area contributed by atoms with Gasteiger partial charge in [0.2, 0.25) is 0 Å². The number of halogens is 3. The third kappa shape index (κ3) is 5.58. The molecule has 6 nitrogen and oxygen atoms in total. The van der Waals surface area contributed by atoms with Crippen LogP contribution < -0.4 is 9.47 Å². The number of amides is 2. The van der Waals surface area contributed by atoms with E-state index in [-0.39, 0.29) is 33.5 Å². The molecule has 36 heavy (non-hydrogen) atoms. The van der Waals surface area contributed by atoms with Gasteiger partial charge in [-0.3, -0.25) is 14.5 Å². The zero-order chi connectivity index (χ0) is 26.0. The molecule has 0 bridgehead atoms. The fourth-order valence-corrected chi connectivity index (χ4v) is 5.19. The van der Waals surface area contributed by atoms with Gasteiger partial charge in [-0.05, 0) is 89.3 Å². The van der Waals surface area contributed by atoms with Crippen molar-refractivity contribution in [2.75, 3.05) is 7.11 Å². The number of rotatable bonds is 6. The molecule has 0 radical (unpaired) electrons. The van der Waals surface area contributed by atoms with Crippen LogP contribution in [0.1, 0.15) is 27.0 Å². The Morgan fingerprint density at radius 3 is 2.56 bits per heavy atom. The quantitative estimate of drug-likeness (QED) is 0.127. The molecular weight excluding hydrogens is 620 g/mol. The molecular formula is C26H18ClFINO5S. The van der Waals surface area contributed by atoms with E-state index in [4.69, 9.17) is 21.1 Å². The summed E-state index contributed by atoms with van der Waals surface area (Å²) in [5.41, 5.74) is 2.04. The first-order valence-electron chi connectivity index (χ1n) is 10.5. The lowest BCUT2D eigenvalue weighted by Gasteiger charge is -2.14. The number of ether oxygens (including phenoxy) is 2. The van der Waals surface area contributed by atoms with Crippen molar-refractivity contribution < 1.29 is 28.2 Å². The van der Waals surface area contributed by atoms with Crippen LogP contribution in [-0.2, 0) is 11.3 Å². The smallest absolute Gasteiger partial charge is 0.343 e. The van der Waals surface area contributed by atoms with E-state index in [1.54, 1.807) is 24.3 Å². The third-order valence-electron chi connectivity index (χ3n) is 5.28. The van der Waals surface area contributed by atoms with E-state index < -0.39 is 22.9 Å². The number of aryl methyl sites for hydroxylation is 1. The Balaban J connectivity index is 1.58. The maximum absolute atomic E-state index is 14.2. The van der Waals surface area contributed by atoms with E-state index in [2.05, 4.69) is 0 Å². The number of carbonyl (C=O) groups is 3. The van der Waals surface area contributed by atoms with E-state index in [0.717, 1.165) is 22.2 Å². The van der Waals surface area contributed by atoms with Gasteiger partial charge in [-0.25, -0.2) is 9.18 Å². The van der Waals surface area contributed by atoms with E-state index in [1.807, 2.05) is 41.6 Å². The number of esters is 1. The fraction of sp³-hybridized carbons (Fsp3) is 0.115. The second kappa shape index (κ2) is 11.0. The van der Waals surface area contributed by atoms with Crippen LogP contribution >= 0.6 is 46.0 Å². The van der Waals surface area contributed by atoms with Gasteiger partial charge in [0.1, 0.15) is 5.82 Å². The van der Waals surface area contributed by atoms with Crippen molar-refractivity contribution in [3.8, 4) is 11.5 Å². The predicted octanol–water partition coefficient (Wildman–Crippen LogP) is 6.86. The first-order valence-corrected chi connectivity index (χ1v) is 12.8. The van der Waals surface area contributed by atoms with Gasteiger partial charge >= 0.3 is 5.97 Å². The topological polar surface area (TPSA) is 72.9 Å². The molecule has 3 aromatic rings. The molecule has 0 spiro atoms. The van der Waals surface area contributed by atoms with Crippen molar-refractivity contribution in [2.24, 2.45) is 0 Å². The molecule has 0 aliphatic carbocycles. The second-order valence-corrected chi connectivity index (χ2v) is 10.3. The minimum atomic E-state index is -0.597. The summed E-state index contributed by atoms with van der Waals surface area (Å²) in [7, 11) is 1.43. The van der Waals surface area contributed by atoms with E-state index >= 15 is 0 Å². The molecule has 1 heterocycles. The van der Waals surface area contributed by atoms with E-state index in [0.29, 0.717) is 14.7 Å². The number of benzene rings is 3. The molecule has 0 atom stereocenters. The van der Waals surface area contributed by atoms with Crippen molar-refractivity contribution >= 4 is 69.1 Å². The molecule has 3 aromatic carbocycles. The Labute approximate surface area is 229 Å².